The predicted molar refractivity (Wildman–Crippen MR) is 69.0 cm³/mol. The van der Waals surface area contributed by atoms with E-state index in [1.54, 1.807) is 12.1 Å². The zero-order valence-electron chi connectivity index (χ0n) is 9.91. The summed E-state index contributed by atoms with van der Waals surface area (Å²) in [6, 6.07) is 3.93. The molecule has 3 nitrogen and oxygen atoms in total. The van der Waals surface area contributed by atoms with E-state index in [9.17, 15) is 9.18 Å². The van der Waals surface area contributed by atoms with Crippen molar-refractivity contribution in [3.8, 4) is 0 Å². The van der Waals surface area contributed by atoms with Gasteiger partial charge in [-0.05, 0) is 25.2 Å². The Balaban J connectivity index is 3.18. The van der Waals surface area contributed by atoms with Crippen LogP contribution in [0.4, 0.5) is 4.39 Å². The molecule has 17 heavy (non-hydrogen) atoms. The fourth-order valence-electron chi connectivity index (χ4n) is 1.84. The Hall–Kier alpha value is -0.940. The topological polar surface area (TPSA) is 46.3 Å². The molecule has 0 saturated carbocycles. The van der Waals surface area contributed by atoms with Crippen LogP contribution in [0.25, 0.3) is 0 Å². The minimum atomic E-state index is -0.710. The molecular weight excluding hydrogens is 287 g/mol. The van der Waals surface area contributed by atoms with E-state index in [1.807, 2.05) is 18.7 Å². The van der Waals surface area contributed by atoms with E-state index in [0.717, 1.165) is 0 Å². The molecule has 0 bridgehead atoms. The second-order valence-electron chi connectivity index (χ2n) is 3.69. The molecule has 0 aliphatic rings. The second kappa shape index (κ2) is 6.12. The molecule has 0 aliphatic heterocycles. The lowest BCUT2D eigenvalue weighted by Gasteiger charge is -2.27. The van der Waals surface area contributed by atoms with E-state index < -0.39 is 17.8 Å². The molecule has 1 aromatic carbocycles. The van der Waals surface area contributed by atoms with Crippen molar-refractivity contribution >= 4 is 21.8 Å². The van der Waals surface area contributed by atoms with Gasteiger partial charge in [0.1, 0.15) is 11.9 Å². The van der Waals surface area contributed by atoms with E-state index in [2.05, 4.69) is 15.9 Å². The maximum Gasteiger partial charge on any atom is 0.239 e. The zero-order valence-corrected chi connectivity index (χ0v) is 11.5. The summed E-state index contributed by atoms with van der Waals surface area (Å²) in [6.07, 6.45) is 0. The standard InChI is InChI=1S/C12H16BrFN2O/c1-3-16(4-2)11(12(15)17)9-6-5-8(13)7-10(9)14/h5-7,11H,3-4H2,1-2H3,(H2,15,17). The first kappa shape index (κ1) is 14.1. The summed E-state index contributed by atoms with van der Waals surface area (Å²) in [5.74, 6) is -0.954. The monoisotopic (exact) mass is 302 g/mol. The Labute approximate surface area is 109 Å². The molecule has 1 amide bonds. The Morgan fingerprint density at radius 2 is 2.06 bits per heavy atom. The van der Waals surface area contributed by atoms with Gasteiger partial charge >= 0.3 is 0 Å². The number of hydrogen-bond acceptors (Lipinski definition) is 2. The molecule has 0 aromatic heterocycles. The van der Waals surface area contributed by atoms with E-state index in [4.69, 9.17) is 5.73 Å². The Morgan fingerprint density at radius 1 is 1.47 bits per heavy atom. The number of primary amides is 1. The quantitative estimate of drug-likeness (QED) is 0.908. The molecule has 1 aromatic rings. The number of nitrogens with two attached hydrogens (primary N) is 1. The van der Waals surface area contributed by atoms with E-state index in [1.165, 1.54) is 6.07 Å². The van der Waals surface area contributed by atoms with Crippen molar-refractivity contribution < 1.29 is 9.18 Å². The second-order valence-corrected chi connectivity index (χ2v) is 4.61. The summed E-state index contributed by atoms with van der Waals surface area (Å²) in [7, 11) is 0. The third-order valence-electron chi connectivity index (χ3n) is 2.70. The summed E-state index contributed by atoms with van der Waals surface area (Å²) in [6.45, 7) is 5.10. The number of benzene rings is 1. The van der Waals surface area contributed by atoms with Crippen molar-refractivity contribution in [3.05, 3.63) is 34.1 Å². The predicted octanol–water partition coefficient (Wildman–Crippen LogP) is 2.46. The highest BCUT2D eigenvalue weighted by molar-refractivity contribution is 9.10. The molecule has 0 fully saturated rings. The molecule has 0 saturated heterocycles. The van der Waals surface area contributed by atoms with Gasteiger partial charge in [-0.3, -0.25) is 9.69 Å². The van der Waals surface area contributed by atoms with Gasteiger partial charge in [-0.25, -0.2) is 4.39 Å². The summed E-state index contributed by atoms with van der Waals surface area (Å²) < 4.78 is 14.5. The molecule has 1 unspecified atom stereocenters. The van der Waals surface area contributed by atoms with Gasteiger partial charge in [0.25, 0.3) is 0 Å². The summed E-state index contributed by atoms with van der Waals surface area (Å²) in [5.41, 5.74) is 5.69. The lowest BCUT2D eigenvalue weighted by Crippen LogP contribution is -2.38. The minimum Gasteiger partial charge on any atom is -0.368 e. The van der Waals surface area contributed by atoms with Crippen molar-refractivity contribution in [2.24, 2.45) is 5.73 Å². The maximum atomic E-state index is 13.8. The molecule has 0 spiro atoms. The van der Waals surface area contributed by atoms with Gasteiger partial charge in [0.05, 0.1) is 0 Å². The molecule has 1 atom stereocenters. The summed E-state index contributed by atoms with van der Waals surface area (Å²) >= 11 is 3.18. The van der Waals surface area contributed by atoms with E-state index in [-0.39, 0.29) is 0 Å². The van der Waals surface area contributed by atoms with Crippen LogP contribution < -0.4 is 5.73 Å². The fourth-order valence-corrected chi connectivity index (χ4v) is 2.18. The Kier molecular flexibility index (Phi) is 5.08. The first-order chi connectivity index (χ1) is 8.01. The Bertz CT molecular complexity index is 407. The highest BCUT2D eigenvalue weighted by Crippen LogP contribution is 2.25. The van der Waals surface area contributed by atoms with Crippen molar-refractivity contribution in [1.82, 2.24) is 4.90 Å². The third-order valence-corrected chi connectivity index (χ3v) is 3.20. The van der Waals surface area contributed by atoms with Gasteiger partial charge in [0.2, 0.25) is 5.91 Å². The summed E-state index contributed by atoms with van der Waals surface area (Å²) in [5, 5.41) is 0. The van der Waals surface area contributed by atoms with Crippen LogP contribution in [0.5, 0.6) is 0 Å². The number of carbonyl (C=O) groups is 1. The number of amides is 1. The smallest absolute Gasteiger partial charge is 0.239 e. The van der Waals surface area contributed by atoms with Gasteiger partial charge in [-0.2, -0.15) is 0 Å². The highest BCUT2D eigenvalue weighted by Gasteiger charge is 2.26. The van der Waals surface area contributed by atoms with Gasteiger partial charge in [0, 0.05) is 10.0 Å². The molecule has 0 aliphatic carbocycles. The number of likely N-dealkylation sites (N-methyl/N-ethyl adjacent to an activating group) is 1. The van der Waals surface area contributed by atoms with Gasteiger partial charge < -0.3 is 5.73 Å². The number of carbonyl (C=O) groups excluding carboxylic acids is 1. The average Bonchev–Trinajstić information content (AvgIpc) is 2.26. The molecule has 0 radical (unpaired) electrons. The number of hydrogen-bond donors (Lipinski definition) is 1. The van der Waals surface area contributed by atoms with Crippen molar-refractivity contribution in [1.29, 1.82) is 0 Å². The van der Waals surface area contributed by atoms with Crippen molar-refractivity contribution in [2.75, 3.05) is 13.1 Å². The lowest BCUT2D eigenvalue weighted by molar-refractivity contribution is -0.123. The van der Waals surface area contributed by atoms with Crippen LogP contribution in [0.1, 0.15) is 25.5 Å². The molecule has 1 rings (SSSR count). The van der Waals surface area contributed by atoms with Crippen LogP contribution in [0.3, 0.4) is 0 Å². The zero-order chi connectivity index (χ0) is 13.0. The SMILES string of the molecule is CCN(CC)C(C(N)=O)c1ccc(Br)cc1F. The number of nitrogens with zero attached hydrogens (tertiary/aromatic N) is 1. The normalized spacial score (nSPS) is 12.8. The van der Waals surface area contributed by atoms with Gasteiger partial charge in [-0.15, -0.1) is 0 Å². The number of rotatable bonds is 5. The van der Waals surface area contributed by atoms with Crippen molar-refractivity contribution in [2.45, 2.75) is 19.9 Å². The average molecular weight is 303 g/mol. The van der Waals surface area contributed by atoms with E-state index in [0.29, 0.717) is 23.1 Å². The van der Waals surface area contributed by atoms with Crippen LogP contribution in [0, 0.1) is 5.82 Å². The van der Waals surface area contributed by atoms with Crippen LogP contribution in [0.15, 0.2) is 22.7 Å². The molecular formula is C12H16BrFN2O. The fraction of sp³-hybridized carbons (Fsp3) is 0.417. The van der Waals surface area contributed by atoms with Crippen molar-refractivity contribution in [3.63, 3.8) is 0 Å². The third kappa shape index (κ3) is 3.26. The van der Waals surface area contributed by atoms with Crippen LogP contribution in [-0.2, 0) is 4.79 Å². The van der Waals surface area contributed by atoms with Gasteiger partial charge in [-0.1, -0.05) is 35.8 Å². The maximum absolute atomic E-state index is 13.8. The number of halogens is 2. The largest absolute Gasteiger partial charge is 0.368 e. The van der Waals surface area contributed by atoms with Crippen LogP contribution >= 0.6 is 15.9 Å². The molecule has 0 heterocycles. The van der Waals surface area contributed by atoms with E-state index >= 15 is 0 Å². The first-order valence-electron chi connectivity index (χ1n) is 5.49. The summed E-state index contributed by atoms with van der Waals surface area (Å²) in [4.78, 5) is 13.3. The van der Waals surface area contributed by atoms with Gasteiger partial charge in [0.15, 0.2) is 0 Å². The molecule has 94 valence electrons. The molecule has 2 N–H and O–H groups in total. The molecule has 5 heteroatoms. The Morgan fingerprint density at radius 3 is 2.47 bits per heavy atom. The van der Waals surface area contributed by atoms with Crippen LogP contribution in [-0.4, -0.2) is 23.9 Å². The van der Waals surface area contributed by atoms with Crippen LogP contribution in [0.2, 0.25) is 0 Å². The highest BCUT2D eigenvalue weighted by atomic mass is 79.9. The first-order valence-corrected chi connectivity index (χ1v) is 6.28. The lowest BCUT2D eigenvalue weighted by atomic mass is 10.0. The minimum absolute atomic E-state index is 0.324.